The Balaban J connectivity index is 1.53. The van der Waals surface area contributed by atoms with Gasteiger partial charge in [-0.05, 0) is 49.3 Å². The van der Waals surface area contributed by atoms with Crippen molar-refractivity contribution in [2.24, 2.45) is 10.9 Å². The molecule has 26 heavy (non-hydrogen) atoms. The van der Waals surface area contributed by atoms with E-state index in [-0.39, 0.29) is 5.82 Å². The molecule has 0 fully saturated rings. The van der Waals surface area contributed by atoms with Crippen LogP contribution in [0.15, 0.2) is 28.1 Å². The molecule has 140 valence electrons. The van der Waals surface area contributed by atoms with Crippen LogP contribution in [-0.4, -0.2) is 40.6 Å². The van der Waals surface area contributed by atoms with Crippen LogP contribution in [0.2, 0.25) is 0 Å². The van der Waals surface area contributed by atoms with E-state index < -0.39 is 0 Å². The molecule has 1 aromatic heterocycles. The molecule has 0 saturated heterocycles. The van der Waals surface area contributed by atoms with Crippen molar-refractivity contribution in [3.63, 3.8) is 0 Å². The first kappa shape index (κ1) is 18.7. The zero-order chi connectivity index (χ0) is 18.5. The number of fused-ring (bicyclic) bond motifs is 1. The first-order valence-corrected chi connectivity index (χ1v) is 9.98. The molecule has 0 saturated carbocycles. The summed E-state index contributed by atoms with van der Waals surface area (Å²) in [5.41, 5.74) is 0.933. The van der Waals surface area contributed by atoms with Crippen LogP contribution < -0.4 is 10.6 Å². The summed E-state index contributed by atoms with van der Waals surface area (Å²) in [6, 6.07) is 4.88. The molecule has 6 nitrogen and oxygen atoms in total. The summed E-state index contributed by atoms with van der Waals surface area (Å²) in [4.78, 5) is 5.35. The second-order valence-electron chi connectivity index (χ2n) is 6.44. The van der Waals surface area contributed by atoms with Gasteiger partial charge in [0.25, 0.3) is 0 Å². The third-order valence-corrected chi connectivity index (χ3v) is 5.54. The third-order valence-electron chi connectivity index (χ3n) is 4.70. The predicted octanol–water partition coefficient (Wildman–Crippen LogP) is 2.38. The topological polar surface area (TPSA) is 67.1 Å². The van der Waals surface area contributed by atoms with E-state index in [9.17, 15) is 4.39 Å². The molecule has 3 rings (SSSR count). The molecular weight excluding hydrogens is 351 g/mol. The number of aromatic nitrogens is 3. The lowest BCUT2D eigenvalue weighted by Gasteiger charge is -2.25. The van der Waals surface area contributed by atoms with E-state index in [4.69, 9.17) is 0 Å². The molecule has 2 aromatic rings. The summed E-state index contributed by atoms with van der Waals surface area (Å²) in [6.45, 7) is 4.29. The van der Waals surface area contributed by atoms with Gasteiger partial charge in [-0.2, -0.15) is 0 Å². The van der Waals surface area contributed by atoms with Crippen LogP contribution in [0.1, 0.15) is 23.6 Å². The molecule has 1 atom stereocenters. The Morgan fingerprint density at radius 2 is 2.23 bits per heavy atom. The van der Waals surface area contributed by atoms with Crippen LogP contribution in [-0.2, 0) is 19.5 Å². The normalized spacial score (nSPS) is 17.1. The van der Waals surface area contributed by atoms with Gasteiger partial charge in [-0.25, -0.2) is 4.39 Å². The Morgan fingerprint density at radius 3 is 3.00 bits per heavy atom. The second kappa shape index (κ2) is 8.53. The highest BCUT2D eigenvalue weighted by atomic mass is 32.2. The molecule has 0 bridgehead atoms. The van der Waals surface area contributed by atoms with Crippen molar-refractivity contribution in [3.05, 3.63) is 41.2 Å². The average Bonchev–Trinajstić information content (AvgIpc) is 3.02. The van der Waals surface area contributed by atoms with Crippen molar-refractivity contribution in [1.82, 2.24) is 25.4 Å². The molecule has 1 aromatic carbocycles. The molecule has 2 heterocycles. The Hall–Kier alpha value is -2.09. The highest BCUT2D eigenvalue weighted by Gasteiger charge is 2.21. The third kappa shape index (κ3) is 4.35. The number of aliphatic imine (C=N–C) groups is 1. The van der Waals surface area contributed by atoms with Crippen molar-refractivity contribution in [1.29, 1.82) is 0 Å². The van der Waals surface area contributed by atoms with Gasteiger partial charge in [0.15, 0.2) is 5.96 Å². The molecular formula is C18H25FN6S. The molecule has 8 heteroatoms. The van der Waals surface area contributed by atoms with Gasteiger partial charge in [-0.1, -0.05) is 0 Å². The fourth-order valence-electron chi connectivity index (χ4n) is 3.22. The highest BCUT2D eigenvalue weighted by Crippen LogP contribution is 2.21. The van der Waals surface area contributed by atoms with Crippen LogP contribution in [0.5, 0.6) is 0 Å². The maximum atomic E-state index is 13.5. The maximum absolute atomic E-state index is 13.5. The highest BCUT2D eigenvalue weighted by molar-refractivity contribution is 7.98. The number of aryl methyl sites for hydroxylation is 2. The fourth-order valence-corrected chi connectivity index (χ4v) is 3.82. The first-order valence-electron chi connectivity index (χ1n) is 8.76. The minimum absolute atomic E-state index is 0.218. The van der Waals surface area contributed by atoms with Gasteiger partial charge in [-0.3, -0.25) is 4.99 Å². The summed E-state index contributed by atoms with van der Waals surface area (Å²) in [7, 11) is 1.75. The molecule has 1 aliphatic heterocycles. The van der Waals surface area contributed by atoms with Crippen molar-refractivity contribution < 1.29 is 4.39 Å². The number of benzene rings is 1. The second-order valence-corrected chi connectivity index (χ2v) is 7.29. The lowest BCUT2D eigenvalue weighted by Crippen LogP contribution is -2.41. The number of nitrogens with zero attached hydrogens (tertiary/aromatic N) is 4. The van der Waals surface area contributed by atoms with E-state index in [0.29, 0.717) is 12.5 Å². The number of nitrogens with one attached hydrogen (secondary N) is 2. The van der Waals surface area contributed by atoms with Crippen LogP contribution in [0, 0.1) is 18.7 Å². The largest absolute Gasteiger partial charge is 0.356 e. The number of hydrogen-bond acceptors (Lipinski definition) is 4. The molecule has 2 N–H and O–H groups in total. The summed E-state index contributed by atoms with van der Waals surface area (Å²) >= 11 is 1.61. The predicted molar refractivity (Wildman–Crippen MR) is 103 cm³/mol. The number of rotatable bonds is 5. The fraction of sp³-hybridized carbons (Fsp3) is 0.500. The zero-order valence-electron chi connectivity index (χ0n) is 15.4. The summed E-state index contributed by atoms with van der Waals surface area (Å²) in [6.07, 6.45) is 4.04. The van der Waals surface area contributed by atoms with E-state index in [1.54, 1.807) is 24.9 Å². The minimum atomic E-state index is -0.218. The van der Waals surface area contributed by atoms with Gasteiger partial charge < -0.3 is 15.2 Å². The lowest BCUT2D eigenvalue weighted by molar-refractivity contribution is 0.358. The minimum Gasteiger partial charge on any atom is -0.356 e. The Bertz CT molecular complexity index is 788. The quantitative estimate of drug-likeness (QED) is 0.476. The van der Waals surface area contributed by atoms with Gasteiger partial charge in [0.2, 0.25) is 0 Å². The van der Waals surface area contributed by atoms with Crippen LogP contribution in [0.3, 0.4) is 0 Å². The van der Waals surface area contributed by atoms with Gasteiger partial charge in [-0.15, -0.1) is 22.0 Å². The first-order chi connectivity index (χ1) is 12.6. The zero-order valence-corrected chi connectivity index (χ0v) is 16.2. The molecule has 1 aliphatic rings. The maximum Gasteiger partial charge on any atom is 0.191 e. The number of guanidine groups is 1. The van der Waals surface area contributed by atoms with Crippen LogP contribution in [0.25, 0.3) is 0 Å². The Morgan fingerprint density at radius 1 is 1.38 bits per heavy atom. The summed E-state index contributed by atoms with van der Waals surface area (Å²) in [5, 5.41) is 15.0. The Kier molecular flexibility index (Phi) is 6.13. The van der Waals surface area contributed by atoms with Crippen molar-refractivity contribution in [3.8, 4) is 0 Å². The smallest absolute Gasteiger partial charge is 0.191 e. The van der Waals surface area contributed by atoms with E-state index in [0.717, 1.165) is 54.0 Å². The van der Waals surface area contributed by atoms with E-state index in [2.05, 4.69) is 30.4 Å². The summed E-state index contributed by atoms with van der Waals surface area (Å²) in [5.74, 6) is 3.07. The van der Waals surface area contributed by atoms with E-state index >= 15 is 0 Å². The lowest BCUT2D eigenvalue weighted by atomic mass is 9.99. The SMILES string of the molecule is CN=C(NCc1cc(F)ccc1SC)NCC1CCc2nnc(C)n2C1. The molecule has 0 radical (unpaired) electrons. The van der Waals surface area contributed by atoms with Crippen molar-refractivity contribution in [2.75, 3.05) is 19.8 Å². The molecule has 1 unspecified atom stereocenters. The number of hydrogen-bond donors (Lipinski definition) is 2. The van der Waals surface area contributed by atoms with Gasteiger partial charge in [0.05, 0.1) is 0 Å². The Labute approximate surface area is 157 Å². The molecule has 0 spiro atoms. The van der Waals surface area contributed by atoms with E-state index in [1.165, 1.54) is 6.07 Å². The number of thioether (sulfide) groups is 1. The van der Waals surface area contributed by atoms with E-state index in [1.807, 2.05) is 19.2 Å². The monoisotopic (exact) mass is 376 g/mol. The summed E-state index contributed by atoms with van der Waals surface area (Å²) < 4.78 is 15.7. The van der Waals surface area contributed by atoms with Gasteiger partial charge >= 0.3 is 0 Å². The van der Waals surface area contributed by atoms with Gasteiger partial charge in [0.1, 0.15) is 17.5 Å². The molecule has 0 amide bonds. The molecule has 0 aliphatic carbocycles. The number of halogens is 1. The average molecular weight is 377 g/mol. The standard InChI is InChI=1S/C18H25FN6S/c1-12-23-24-17-7-4-13(11-25(12)17)9-21-18(20-2)22-10-14-8-15(19)5-6-16(14)26-3/h5-6,8,13H,4,7,9-11H2,1-3H3,(H2,20,21,22). The van der Waals surface area contributed by atoms with Crippen molar-refractivity contribution in [2.45, 2.75) is 37.8 Å². The van der Waals surface area contributed by atoms with Gasteiger partial charge in [0, 0.05) is 38.0 Å². The van der Waals surface area contributed by atoms with Crippen LogP contribution >= 0.6 is 11.8 Å². The van der Waals surface area contributed by atoms with Crippen molar-refractivity contribution >= 4 is 17.7 Å². The van der Waals surface area contributed by atoms with Crippen LogP contribution in [0.4, 0.5) is 4.39 Å².